The van der Waals surface area contributed by atoms with E-state index in [1.165, 1.54) is 0 Å². The predicted octanol–water partition coefficient (Wildman–Crippen LogP) is 5.29. The molecule has 1 N–H and O–H groups in total. The Hall–Kier alpha value is -2.59. The normalized spacial score (nSPS) is 11.8. The van der Waals surface area contributed by atoms with Crippen molar-refractivity contribution in [1.29, 1.82) is 0 Å². The average Bonchev–Trinajstić information content (AvgIpc) is 2.62. The molecule has 3 aromatic rings. The van der Waals surface area contributed by atoms with Crippen molar-refractivity contribution in [3.63, 3.8) is 0 Å². The van der Waals surface area contributed by atoms with Gasteiger partial charge in [0.1, 0.15) is 17.4 Å². The summed E-state index contributed by atoms with van der Waals surface area (Å²) in [5, 5.41) is 4.15. The number of hydrogen-bond donors (Lipinski definition) is 1. The lowest BCUT2D eigenvalue weighted by Gasteiger charge is -2.16. The van der Waals surface area contributed by atoms with Gasteiger partial charge in [0.05, 0.1) is 18.8 Å². The number of hydrogen-bond acceptors (Lipinski definition) is 4. The Balaban J connectivity index is 1.86. The number of nitrogens with one attached hydrogen (secondary N) is 1. The number of nitrogens with zero attached hydrogens (tertiary/aromatic N) is 2. The Labute approximate surface area is 152 Å². The zero-order valence-electron chi connectivity index (χ0n) is 14.5. The molecule has 5 heteroatoms. The second-order valence-corrected chi connectivity index (χ2v) is 6.27. The van der Waals surface area contributed by atoms with E-state index in [2.05, 4.69) is 28.3 Å². The third-order valence-corrected chi connectivity index (χ3v) is 4.19. The lowest BCUT2D eigenvalue weighted by Crippen LogP contribution is -2.09. The van der Waals surface area contributed by atoms with Crippen LogP contribution >= 0.6 is 11.6 Å². The molecule has 0 aliphatic rings. The molecular weight excluding hydrogens is 334 g/mol. The minimum absolute atomic E-state index is 0.0856. The third-order valence-electron chi connectivity index (χ3n) is 3.94. The zero-order valence-corrected chi connectivity index (χ0v) is 15.2. The molecule has 0 amide bonds. The first-order valence-corrected chi connectivity index (χ1v) is 8.45. The summed E-state index contributed by atoms with van der Waals surface area (Å²) in [5.41, 5.74) is 3.00. The molecule has 0 aliphatic heterocycles. The predicted molar refractivity (Wildman–Crippen MR) is 102 cm³/mol. The quantitative estimate of drug-likeness (QED) is 0.677. The fourth-order valence-electron chi connectivity index (χ4n) is 2.63. The maximum atomic E-state index is 5.97. The van der Waals surface area contributed by atoms with E-state index in [4.69, 9.17) is 16.3 Å². The van der Waals surface area contributed by atoms with Gasteiger partial charge in [0, 0.05) is 16.7 Å². The Morgan fingerprint density at radius 2 is 1.80 bits per heavy atom. The molecule has 1 atom stereocenters. The zero-order chi connectivity index (χ0) is 17.8. The van der Waals surface area contributed by atoms with E-state index in [0.29, 0.717) is 10.8 Å². The second kappa shape index (κ2) is 7.53. The molecule has 0 saturated carbocycles. The molecular formula is C20H20ClN3O. The van der Waals surface area contributed by atoms with Crippen molar-refractivity contribution < 1.29 is 4.74 Å². The summed E-state index contributed by atoms with van der Waals surface area (Å²) in [4.78, 5) is 9.03. The van der Waals surface area contributed by atoms with Gasteiger partial charge in [-0.25, -0.2) is 9.97 Å². The number of aryl methyl sites for hydroxylation is 1. The Bertz CT molecular complexity index is 865. The number of rotatable bonds is 5. The third kappa shape index (κ3) is 4.28. The molecule has 2 aromatic carbocycles. The van der Waals surface area contributed by atoms with Gasteiger partial charge in [0.15, 0.2) is 0 Å². The van der Waals surface area contributed by atoms with Crippen molar-refractivity contribution in [2.24, 2.45) is 0 Å². The fourth-order valence-corrected chi connectivity index (χ4v) is 2.75. The van der Waals surface area contributed by atoms with Crippen molar-refractivity contribution in [3.8, 4) is 17.0 Å². The van der Waals surface area contributed by atoms with Crippen LogP contribution in [-0.4, -0.2) is 17.1 Å². The van der Waals surface area contributed by atoms with Gasteiger partial charge >= 0.3 is 0 Å². The second-order valence-electron chi connectivity index (χ2n) is 5.84. The highest BCUT2D eigenvalue weighted by Gasteiger charge is 2.10. The maximum Gasteiger partial charge on any atom is 0.130 e. The minimum Gasteiger partial charge on any atom is -0.497 e. The summed E-state index contributed by atoms with van der Waals surface area (Å²) in [6, 6.07) is 17.7. The van der Waals surface area contributed by atoms with Crippen molar-refractivity contribution in [2.45, 2.75) is 19.9 Å². The first-order chi connectivity index (χ1) is 12.0. The number of anilines is 1. The van der Waals surface area contributed by atoms with Gasteiger partial charge in [0.25, 0.3) is 0 Å². The van der Waals surface area contributed by atoms with Crippen molar-refractivity contribution in [2.75, 3.05) is 12.4 Å². The van der Waals surface area contributed by atoms with E-state index in [0.717, 1.165) is 28.4 Å². The van der Waals surface area contributed by atoms with E-state index in [9.17, 15) is 0 Å². The van der Waals surface area contributed by atoms with Crippen LogP contribution in [0.1, 0.15) is 24.4 Å². The van der Waals surface area contributed by atoms with Gasteiger partial charge in [-0.2, -0.15) is 0 Å². The molecule has 0 fully saturated rings. The molecule has 0 unspecified atom stereocenters. The molecule has 3 rings (SSSR count). The van der Waals surface area contributed by atoms with Crippen LogP contribution in [0.3, 0.4) is 0 Å². The molecule has 128 valence electrons. The highest BCUT2D eigenvalue weighted by molar-refractivity contribution is 6.30. The van der Waals surface area contributed by atoms with Gasteiger partial charge in [-0.05, 0) is 43.7 Å². The SMILES string of the molecule is COc1cccc([C@H](C)Nc2cc(-c3ccc(Cl)cc3)nc(C)n2)c1. The van der Waals surface area contributed by atoms with Gasteiger partial charge in [-0.3, -0.25) is 0 Å². The molecule has 25 heavy (non-hydrogen) atoms. The molecule has 0 spiro atoms. The molecule has 0 radical (unpaired) electrons. The smallest absolute Gasteiger partial charge is 0.130 e. The summed E-state index contributed by atoms with van der Waals surface area (Å²) in [6.07, 6.45) is 0. The summed E-state index contributed by atoms with van der Waals surface area (Å²) in [5.74, 6) is 2.34. The number of halogens is 1. The van der Waals surface area contributed by atoms with Crippen LogP contribution < -0.4 is 10.1 Å². The maximum absolute atomic E-state index is 5.97. The lowest BCUT2D eigenvalue weighted by atomic mass is 10.1. The van der Waals surface area contributed by atoms with Crippen LogP contribution in [0.2, 0.25) is 5.02 Å². The van der Waals surface area contributed by atoms with Crippen LogP contribution in [0.15, 0.2) is 54.6 Å². The standard InChI is InChI=1S/C20H20ClN3O/c1-13(16-5-4-6-18(11-16)25-3)22-20-12-19(23-14(2)24-20)15-7-9-17(21)10-8-15/h4-13H,1-3H3,(H,22,23,24)/t13-/m0/s1. The van der Waals surface area contributed by atoms with E-state index in [-0.39, 0.29) is 6.04 Å². The molecule has 0 aliphatic carbocycles. The van der Waals surface area contributed by atoms with Crippen LogP contribution in [0.5, 0.6) is 5.75 Å². The van der Waals surface area contributed by atoms with Gasteiger partial charge in [0.2, 0.25) is 0 Å². The molecule has 1 aromatic heterocycles. The van der Waals surface area contributed by atoms with E-state index >= 15 is 0 Å². The largest absolute Gasteiger partial charge is 0.497 e. The monoisotopic (exact) mass is 353 g/mol. The van der Waals surface area contributed by atoms with Gasteiger partial charge < -0.3 is 10.1 Å². The Morgan fingerprint density at radius 1 is 1.04 bits per heavy atom. The first-order valence-electron chi connectivity index (χ1n) is 8.07. The number of methoxy groups -OCH3 is 1. The Morgan fingerprint density at radius 3 is 2.52 bits per heavy atom. The summed E-state index contributed by atoms with van der Waals surface area (Å²) in [7, 11) is 1.67. The molecule has 1 heterocycles. The molecule has 0 saturated heterocycles. The van der Waals surface area contributed by atoms with E-state index < -0.39 is 0 Å². The Kier molecular flexibility index (Phi) is 5.19. The van der Waals surface area contributed by atoms with Crippen LogP contribution in [0.4, 0.5) is 5.82 Å². The molecule has 4 nitrogen and oxygen atoms in total. The van der Waals surface area contributed by atoms with E-state index in [1.54, 1.807) is 7.11 Å². The number of aromatic nitrogens is 2. The van der Waals surface area contributed by atoms with Crippen molar-refractivity contribution in [1.82, 2.24) is 9.97 Å². The van der Waals surface area contributed by atoms with Crippen LogP contribution in [-0.2, 0) is 0 Å². The van der Waals surface area contributed by atoms with E-state index in [1.807, 2.05) is 55.5 Å². The van der Waals surface area contributed by atoms with Crippen LogP contribution in [0, 0.1) is 6.92 Å². The van der Waals surface area contributed by atoms with Gasteiger partial charge in [-0.1, -0.05) is 35.9 Å². The summed E-state index contributed by atoms with van der Waals surface area (Å²) >= 11 is 5.97. The van der Waals surface area contributed by atoms with Crippen molar-refractivity contribution >= 4 is 17.4 Å². The number of benzene rings is 2. The minimum atomic E-state index is 0.0856. The average molecular weight is 354 g/mol. The molecule has 0 bridgehead atoms. The highest BCUT2D eigenvalue weighted by Crippen LogP contribution is 2.25. The highest BCUT2D eigenvalue weighted by atomic mass is 35.5. The summed E-state index contributed by atoms with van der Waals surface area (Å²) < 4.78 is 5.30. The van der Waals surface area contributed by atoms with Crippen LogP contribution in [0.25, 0.3) is 11.3 Å². The van der Waals surface area contributed by atoms with Gasteiger partial charge in [-0.15, -0.1) is 0 Å². The van der Waals surface area contributed by atoms with Crippen molar-refractivity contribution in [3.05, 3.63) is 71.0 Å². The first kappa shape index (κ1) is 17.2. The summed E-state index contributed by atoms with van der Waals surface area (Å²) in [6.45, 7) is 3.98. The fraction of sp³-hybridized carbons (Fsp3) is 0.200. The number of ether oxygens (including phenoxy) is 1. The topological polar surface area (TPSA) is 47.0 Å². The lowest BCUT2D eigenvalue weighted by molar-refractivity contribution is 0.414.